The van der Waals surface area contributed by atoms with Crippen LogP contribution in [-0.2, 0) is 0 Å². The van der Waals surface area contributed by atoms with Crippen molar-refractivity contribution in [2.45, 2.75) is 9.10 Å². The second-order valence-corrected chi connectivity index (χ2v) is 8.97. The van der Waals surface area contributed by atoms with E-state index in [0.717, 1.165) is 10.9 Å². The lowest BCUT2D eigenvalue weighted by Gasteiger charge is -2.05. The average Bonchev–Trinajstić information content (AvgIpc) is 3.14. The molecule has 1 aromatic carbocycles. The van der Waals surface area contributed by atoms with Crippen molar-refractivity contribution in [3.63, 3.8) is 0 Å². The monoisotopic (exact) mass is 456 g/mol. The molecule has 0 aliphatic rings. The molecule has 1 amide bonds. The lowest BCUT2D eigenvalue weighted by atomic mass is 10.2. The number of fused-ring (bicyclic) bond motifs is 1. The van der Waals surface area contributed by atoms with Crippen LogP contribution in [0.1, 0.15) is 15.2 Å². The van der Waals surface area contributed by atoms with Gasteiger partial charge in [0.05, 0.1) is 47.0 Å². The summed E-state index contributed by atoms with van der Waals surface area (Å²) in [5.41, 5.74) is 1.80. The zero-order valence-electron chi connectivity index (χ0n) is 14.5. The second kappa shape index (κ2) is 8.39. The zero-order valence-corrected chi connectivity index (χ0v) is 17.7. The summed E-state index contributed by atoms with van der Waals surface area (Å²) in [6.07, 6.45) is 4.57. The van der Waals surface area contributed by atoms with Crippen LogP contribution in [0.15, 0.2) is 64.1 Å². The molecule has 9 heteroatoms. The van der Waals surface area contributed by atoms with Crippen molar-refractivity contribution in [3.05, 3.63) is 75.5 Å². The van der Waals surface area contributed by atoms with Gasteiger partial charge in [-0.2, -0.15) is 5.26 Å². The Morgan fingerprint density at radius 2 is 1.90 bits per heavy atom. The minimum Gasteiger partial charge on any atom is -0.320 e. The Balaban J connectivity index is 1.60. The number of amides is 1. The number of anilines is 1. The van der Waals surface area contributed by atoms with Crippen molar-refractivity contribution < 1.29 is 4.79 Å². The van der Waals surface area contributed by atoms with Gasteiger partial charge in [-0.05, 0) is 18.2 Å². The Bertz CT molecular complexity index is 1260. The molecular weight excluding hydrogens is 447 g/mol. The van der Waals surface area contributed by atoms with Gasteiger partial charge in [0, 0.05) is 17.8 Å². The van der Waals surface area contributed by atoms with Crippen LogP contribution in [-0.4, -0.2) is 15.9 Å². The number of halogens is 2. The first-order valence-electron chi connectivity index (χ1n) is 8.22. The summed E-state index contributed by atoms with van der Waals surface area (Å²) >= 11 is 14.8. The van der Waals surface area contributed by atoms with Crippen LogP contribution in [0.4, 0.5) is 5.69 Å². The summed E-state index contributed by atoms with van der Waals surface area (Å²) in [6, 6.07) is 13.2. The van der Waals surface area contributed by atoms with Gasteiger partial charge >= 0.3 is 0 Å². The third-order valence-electron chi connectivity index (χ3n) is 3.89. The Labute approximate surface area is 184 Å². The number of aromatic nitrogens is 2. The minimum atomic E-state index is -0.317. The number of hydrogen-bond donors (Lipinski definition) is 1. The van der Waals surface area contributed by atoms with E-state index in [4.69, 9.17) is 23.2 Å². The number of para-hydroxylation sites is 1. The Kier molecular flexibility index (Phi) is 5.69. The van der Waals surface area contributed by atoms with Crippen molar-refractivity contribution in [3.8, 4) is 6.07 Å². The summed E-state index contributed by atoms with van der Waals surface area (Å²) in [7, 11) is 0. The summed E-state index contributed by atoms with van der Waals surface area (Å²) in [4.78, 5) is 22.0. The summed E-state index contributed by atoms with van der Waals surface area (Å²) in [5, 5.41) is 14.0. The molecule has 142 valence electrons. The van der Waals surface area contributed by atoms with Crippen LogP contribution in [0.5, 0.6) is 0 Å². The molecule has 5 nitrogen and oxygen atoms in total. The maximum atomic E-state index is 12.7. The molecule has 1 N–H and O–H groups in total. The predicted octanol–water partition coefficient (Wildman–Crippen LogP) is 6.27. The number of carbonyl (C=O) groups excluding carboxylic acids is 1. The highest BCUT2D eigenvalue weighted by molar-refractivity contribution is 8.01. The van der Waals surface area contributed by atoms with Gasteiger partial charge in [-0.25, -0.2) is 0 Å². The fourth-order valence-electron chi connectivity index (χ4n) is 2.56. The van der Waals surface area contributed by atoms with Crippen LogP contribution < -0.4 is 5.32 Å². The van der Waals surface area contributed by atoms with Gasteiger partial charge < -0.3 is 5.32 Å². The maximum absolute atomic E-state index is 12.7. The van der Waals surface area contributed by atoms with Crippen molar-refractivity contribution in [2.24, 2.45) is 0 Å². The van der Waals surface area contributed by atoms with Crippen molar-refractivity contribution in [2.75, 3.05) is 5.32 Å². The summed E-state index contributed by atoms with van der Waals surface area (Å²) < 4.78 is 0.629. The maximum Gasteiger partial charge on any atom is 0.265 e. The SMILES string of the molecule is N#Cc1cc(C(=O)Nc2cnc3ccccc3c2)sc1Sc1c(Cl)cncc1Cl. The molecule has 0 bridgehead atoms. The second-order valence-electron chi connectivity index (χ2n) is 5.83. The third-order valence-corrected chi connectivity index (χ3v) is 7.17. The zero-order chi connectivity index (χ0) is 20.4. The number of benzene rings is 1. The highest BCUT2D eigenvalue weighted by Crippen LogP contribution is 2.42. The molecule has 0 atom stereocenters. The summed E-state index contributed by atoms with van der Waals surface area (Å²) in [5.74, 6) is -0.317. The number of hydrogen-bond acceptors (Lipinski definition) is 6. The average molecular weight is 457 g/mol. The van der Waals surface area contributed by atoms with Crippen LogP contribution in [0.3, 0.4) is 0 Å². The Morgan fingerprint density at radius 3 is 2.66 bits per heavy atom. The van der Waals surface area contributed by atoms with Crippen LogP contribution in [0.25, 0.3) is 10.9 Å². The van der Waals surface area contributed by atoms with Gasteiger partial charge in [0.15, 0.2) is 0 Å². The number of nitrogens with zero attached hydrogens (tertiary/aromatic N) is 3. The lowest BCUT2D eigenvalue weighted by molar-refractivity contribution is 0.103. The topological polar surface area (TPSA) is 78.7 Å². The molecule has 0 aliphatic carbocycles. The molecule has 4 aromatic rings. The predicted molar refractivity (Wildman–Crippen MR) is 117 cm³/mol. The van der Waals surface area contributed by atoms with E-state index in [-0.39, 0.29) is 5.91 Å². The third kappa shape index (κ3) is 4.21. The van der Waals surface area contributed by atoms with Crippen molar-refractivity contribution in [1.29, 1.82) is 5.26 Å². The van der Waals surface area contributed by atoms with Crippen LogP contribution in [0, 0.1) is 11.3 Å². The number of nitrogens with one attached hydrogen (secondary N) is 1. The highest BCUT2D eigenvalue weighted by atomic mass is 35.5. The van der Waals surface area contributed by atoms with E-state index in [1.807, 2.05) is 30.3 Å². The summed E-state index contributed by atoms with van der Waals surface area (Å²) in [6.45, 7) is 0. The fourth-order valence-corrected chi connectivity index (χ4v) is 5.28. The molecule has 4 rings (SSSR count). The van der Waals surface area contributed by atoms with Gasteiger partial charge in [-0.15, -0.1) is 11.3 Å². The molecule has 0 radical (unpaired) electrons. The van der Waals surface area contributed by atoms with E-state index in [1.54, 1.807) is 12.3 Å². The van der Waals surface area contributed by atoms with Crippen LogP contribution >= 0.6 is 46.3 Å². The number of pyridine rings is 2. The lowest BCUT2D eigenvalue weighted by Crippen LogP contribution is -2.10. The first-order chi connectivity index (χ1) is 14.0. The smallest absolute Gasteiger partial charge is 0.265 e. The number of carbonyl (C=O) groups is 1. The number of thiophene rings is 1. The van der Waals surface area contributed by atoms with Gasteiger partial charge in [-0.1, -0.05) is 53.2 Å². The van der Waals surface area contributed by atoms with E-state index in [2.05, 4.69) is 21.4 Å². The van der Waals surface area contributed by atoms with E-state index in [9.17, 15) is 10.1 Å². The molecule has 0 aliphatic heterocycles. The quantitative estimate of drug-likeness (QED) is 0.391. The molecule has 0 saturated heterocycles. The van der Waals surface area contributed by atoms with Gasteiger partial charge in [0.1, 0.15) is 6.07 Å². The van der Waals surface area contributed by atoms with Gasteiger partial charge in [0.2, 0.25) is 0 Å². The van der Waals surface area contributed by atoms with Gasteiger partial charge in [0.25, 0.3) is 5.91 Å². The largest absolute Gasteiger partial charge is 0.320 e. The Morgan fingerprint density at radius 1 is 1.14 bits per heavy atom. The van der Waals surface area contributed by atoms with E-state index in [0.29, 0.717) is 35.3 Å². The Hall–Kier alpha value is -2.63. The molecule has 0 spiro atoms. The van der Waals surface area contributed by atoms with Gasteiger partial charge in [-0.3, -0.25) is 14.8 Å². The van der Waals surface area contributed by atoms with E-state index < -0.39 is 0 Å². The first-order valence-corrected chi connectivity index (χ1v) is 10.6. The molecule has 3 heterocycles. The number of rotatable bonds is 4. The van der Waals surface area contributed by atoms with Crippen molar-refractivity contribution in [1.82, 2.24) is 9.97 Å². The van der Waals surface area contributed by atoms with Crippen molar-refractivity contribution >= 4 is 68.8 Å². The standard InChI is InChI=1S/C20H10Cl2N4OS2/c21-14-9-24-10-15(22)18(14)29-20-12(7-23)6-17(28-20)19(27)26-13-5-11-3-1-2-4-16(11)25-8-13/h1-6,8-10H,(H,26,27). The fraction of sp³-hybridized carbons (Fsp3) is 0. The number of nitriles is 1. The first kappa shape index (κ1) is 19.7. The molecule has 29 heavy (non-hydrogen) atoms. The van der Waals surface area contributed by atoms with E-state index >= 15 is 0 Å². The molecule has 3 aromatic heterocycles. The molecule has 0 saturated carbocycles. The minimum absolute atomic E-state index is 0.317. The molecule has 0 fully saturated rings. The molecule has 0 unspecified atom stereocenters. The van der Waals surface area contributed by atoms with E-state index in [1.165, 1.54) is 35.5 Å². The highest BCUT2D eigenvalue weighted by Gasteiger charge is 2.18. The molecular formula is C20H10Cl2N4OS2. The van der Waals surface area contributed by atoms with Crippen LogP contribution in [0.2, 0.25) is 10.0 Å². The normalized spacial score (nSPS) is 10.7.